The number of aromatic nitrogens is 2. The Morgan fingerprint density at radius 3 is 2.60 bits per heavy atom. The quantitative estimate of drug-likeness (QED) is 0.888. The number of nitrogens with zero attached hydrogens (tertiary/aromatic N) is 2. The molecule has 9 heteroatoms. The van der Waals surface area contributed by atoms with Crippen LogP contribution in [0.15, 0.2) is 23.1 Å². The van der Waals surface area contributed by atoms with E-state index in [9.17, 15) is 13.2 Å². The highest BCUT2D eigenvalue weighted by molar-refractivity contribution is 7.93. The first-order chi connectivity index (χ1) is 9.29. The first-order valence-electron chi connectivity index (χ1n) is 5.46. The van der Waals surface area contributed by atoms with E-state index in [2.05, 4.69) is 14.1 Å². The average molecular weight is 313 g/mol. The van der Waals surface area contributed by atoms with Crippen molar-refractivity contribution in [2.75, 3.05) is 4.72 Å². The van der Waals surface area contributed by atoms with Crippen molar-refractivity contribution in [1.82, 2.24) is 9.36 Å². The predicted octanol–water partition coefficient (Wildman–Crippen LogP) is 1.65. The van der Waals surface area contributed by atoms with Crippen LogP contribution in [0.25, 0.3) is 0 Å². The van der Waals surface area contributed by atoms with Gasteiger partial charge in [-0.05, 0) is 31.5 Å². The molecule has 7 nitrogen and oxygen atoms in total. The number of hydrogen-bond acceptors (Lipinski definition) is 6. The maximum Gasteiger partial charge on any atom is 0.335 e. The van der Waals surface area contributed by atoms with E-state index in [1.165, 1.54) is 12.1 Å². The van der Waals surface area contributed by atoms with Crippen molar-refractivity contribution in [1.29, 1.82) is 0 Å². The smallest absolute Gasteiger partial charge is 0.335 e. The molecular weight excluding hydrogens is 302 g/mol. The molecule has 0 atom stereocenters. The van der Waals surface area contributed by atoms with Crippen molar-refractivity contribution >= 4 is 32.7 Å². The Morgan fingerprint density at radius 1 is 1.35 bits per heavy atom. The lowest BCUT2D eigenvalue weighted by Gasteiger charge is -2.08. The summed E-state index contributed by atoms with van der Waals surface area (Å²) in [4.78, 5) is 14.7. The minimum atomic E-state index is -3.89. The number of aryl methyl sites for hydroxylation is 2. The number of anilines is 1. The largest absolute Gasteiger partial charge is 0.478 e. The second-order valence-electron chi connectivity index (χ2n) is 4.04. The maximum absolute atomic E-state index is 12.2. The van der Waals surface area contributed by atoms with Crippen LogP contribution in [0.3, 0.4) is 0 Å². The molecule has 106 valence electrons. The molecule has 0 aliphatic carbocycles. The van der Waals surface area contributed by atoms with E-state index in [0.717, 1.165) is 17.6 Å². The molecule has 0 saturated carbocycles. The van der Waals surface area contributed by atoms with Crippen molar-refractivity contribution in [3.8, 4) is 0 Å². The summed E-state index contributed by atoms with van der Waals surface area (Å²) in [6.45, 7) is 3.23. The summed E-state index contributed by atoms with van der Waals surface area (Å²) in [5.74, 6) is -0.725. The van der Waals surface area contributed by atoms with Gasteiger partial charge in [0.05, 0.1) is 10.5 Å². The SMILES string of the molecule is Cc1nsc(NS(=O)(=O)c2cc(C(=O)O)ccc2C)n1. The van der Waals surface area contributed by atoms with Crippen molar-refractivity contribution < 1.29 is 18.3 Å². The number of hydrogen-bond donors (Lipinski definition) is 2. The molecule has 0 fully saturated rings. The first kappa shape index (κ1) is 14.4. The highest BCUT2D eigenvalue weighted by Gasteiger charge is 2.20. The fourth-order valence-electron chi connectivity index (χ4n) is 1.53. The lowest BCUT2D eigenvalue weighted by Crippen LogP contribution is -2.15. The molecule has 1 aromatic carbocycles. The Labute approximate surface area is 119 Å². The Hall–Kier alpha value is -2.00. The van der Waals surface area contributed by atoms with Crippen LogP contribution in [0.2, 0.25) is 0 Å². The van der Waals surface area contributed by atoms with E-state index in [1.54, 1.807) is 13.8 Å². The van der Waals surface area contributed by atoms with Crippen LogP contribution in [0.5, 0.6) is 0 Å². The van der Waals surface area contributed by atoms with E-state index in [1.807, 2.05) is 0 Å². The Kier molecular flexibility index (Phi) is 3.73. The van der Waals surface area contributed by atoms with Gasteiger partial charge in [-0.2, -0.15) is 4.37 Å². The molecule has 0 aliphatic heterocycles. The lowest BCUT2D eigenvalue weighted by atomic mass is 10.1. The van der Waals surface area contributed by atoms with Crippen LogP contribution >= 0.6 is 11.5 Å². The number of aromatic carboxylic acids is 1. The molecule has 2 rings (SSSR count). The van der Waals surface area contributed by atoms with Crippen molar-refractivity contribution in [2.45, 2.75) is 18.7 Å². The summed E-state index contributed by atoms with van der Waals surface area (Å²) in [5.41, 5.74) is 0.355. The van der Waals surface area contributed by atoms with E-state index in [-0.39, 0.29) is 15.6 Å². The van der Waals surface area contributed by atoms with Gasteiger partial charge < -0.3 is 5.11 Å². The fraction of sp³-hybridized carbons (Fsp3) is 0.182. The zero-order valence-corrected chi connectivity index (χ0v) is 12.2. The van der Waals surface area contributed by atoms with Crippen molar-refractivity contribution in [2.24, 2.45) is 0 Å². The van der Waals surface area contributed by atoms with Crippen LogP contribution in [0, 0.1) is 13.8 Å². The van der Waals surface area contributed by atoms with Crippen LogP contribution in [0.4, 0.5) is 5.13 Å². The topological polar surface area (TPSA) is 109 Å². The first-order valence-corrected chi connectivity index (χ1v) is 7.72. The van der Waals surface area contributed by atoms with Crippen LogP contribution in [-0.2, 0) is 10.0 Å². The summed E-state index contributed by atoms with van der Waals surface area (Å²) >= 11 is 0.920. The van der Waals surface area contributed by atoms with Crippen molar-refractivity contribution in [3.05, 3.63) is 35.2 Å². The molecule has 0 saturated heterocycles. The number of nitrogens with one attached hydrogen (secondary N) is 1. The molecule has 20 heavy (non-hydrogen) atoms. The van der Waals surface area contributed by atoms with Gasteiger partial charge in [0.25, 0.3) is 10.0 Å². The number of carbonyl (C=O) groups is 1. The molecule has 1 heterocycles. The average Bonchev–Trinajstić information content (AvgIpc) is 2.73. The standard InChI is InChI=1S/C11H11N3O4S2/c1-6-3-4-8(10(15)16)5-9(6)20(17,18)14-11-12-7(2)13-19-11/h3-5H,1-2H3,(H,15,16)(H,12,13,14). The van der Waals surface area contributed by atoms with E-state index in [0.29, 0.717) is 11.4 Å². The lowest BCUT2D eigenvalue weighted by molar-refractivity contribution is 0.0696. The summed E-state index contributed by atoms with van der Waals surface area (Å²) in [6.07, 6.45) is 0. The van der Waals surface area contributed by atoms with E-state index < -0.39 is 16.0 Å². The molecule has 0 unspecified atom stereocenters. The van der Waals surface area contributed by atoms with Gasteiger partial charge in [-0.25, -0.2) is 18.2 Å². The van der Waals surface area contributed by atoms with Gasteiger partial charge in [-0.15, -0.1) is 0 Å². The molecule has 0 aliphatic rings. The fourth-order valence-corrected chi connectivity index (χ4v) is 3.60. The predicted molar refractivity (Wildman–Crippen MR) is 73.6 cm³/mol. The minimum absolute atomic E-state index is 0.0924. The van der Waals surface area contributed by atoms with Gasteiger partial charge in [0, 0.05) is 11.5 Å². The third-order valence-electron chi connectivity index (χ3n) is 2.47. The summed E-state index contributed by atoms with van der Waals surface area (Å²) in [5, 5.41) is 9.06. The van der Waals surface area contributed by atoms with Gasteiger partial charge in [-0.3, -0.25) is 4.72 Å². The van der Waals surface area contributed by atoms with Gasteiger partial charge >= 0.3 is 5.97 Å². The second kappa shape index (κ2) is 5.17. The Balaban J connectivity index is 2.43. The number of rotatable bonds is 4. The van der Waals surface area contributed by atoms with Gasteiger partial charge in [0.1, 0.15) is 5.82 Å². The number of benzene rings is 1. The zero-order chi connectivity index (χ0) is 14.9. The third kappa shape index (κ3) is 2.94. The third-order valence-corrected chi connectivity index (χ3v) is 4.81. The van der Waals surface area contributed by atoms with Crippen LogP contribution in [-0.4, -0.2) is 28.9 Å². The molecule has 0 spiro atoms. The summed E-state index contributed by atoms with van der Waals surface area (Å²) < 4.78 is 30.6. The molecule has 2 aromatic rings. The summed E-state index contributed by atoms with van der Waals surface area (Å²) in [6, 6.07) is 3.92. The van der Waals surface area contributed by atoms with Gasteiger partial charge in [0.15, 0.2) is 0 Å². The second-order valence-corrected chi connectivity index (χ2v) is 6.44. The number of sulfonamides is 1. The molecular formula is C11H11N3O4S2. The Bertz CT molecular complexity index is 768. The zero-order valence-electron chi connectivity index (χ0n) is 10.6. The molecule has 0 radical (unpaired) electrons. The highest BCUT2D eigenvalue weighted by Crippen LogP contribution is 2.21. The molecule has 1 aromatic heterocycles. The minimum Gasteiger partial charge on any atom is -0.478 e. The summed E-state index contributed by atoms with van der Waals surface area (Å²) in [7, 11) is -3.89. The van der Waals surface area contributed by atoms with Gasteiger partial charge in [-0.1, -0.05) is 6.07 Å². The number of carboxylic acid groups (broad SMARTS) is 1. The van der Waals surface area contributed by atoms with Crippen molar-refractivity contribution in [3.63, 3.8) is 0 Å². The van der Waals surface area contributed by atoms with Crippen LogP contribution < -0.4 is 4.72 Å². The monoisotopic (exact) mass is 313 g/mol. The molecule has 2 N–H and O–H groups in total. The Morgan fingerprint density at radius 2 is 2.05 bits per heavy atom. The molecule has 0 amide bonds. The van der Waals surface area contributed by atoms with Crippen LogP contribution in [0.1, 0.15) is 21.7 Å². The van der Waals surface area contributed by atoms with E-state index in [4.69, 9.17) is 5.11 Å². The van der Waals surface area contributed by atoms with Gasteiger partial charge in [0.2, 0.25) is 5.13 Å². The maximum atomic E-state index is 12.2. The normalized spacial score (nSPS) is 11.3. The number of carboxylic acids is 1. The highest BCUT2D eigenvalue weighted by atomic mass is 32.2. The molecule has 0 bridgehead atoms. The van der Waals surface area contributed by atoms with E-state index >= 15 is 0 Å².